The Morgan fingerprint density at radius 1 is 1.00 bits per heavy atom. The molecule has 1 heterocycles. The summed E-state index contributed by atoms with van der Waals surface area (Å²) < 4.78 is 1.57. The van der Waals surface area contributed by atoms with Gasteiger partial charge in [-0.2, -0.15) is 10.4 Å². The van der Waals surface area contributed by atoms with Crippen molar-refractivity contribution in [3.8, 4) is 23.0 Å². The van der Waals surface area contributed by atoms with Crippen LogP contribution in [0.5, 0.6) is 0 Å². The lowest BCUT2D eigenvalue weighted by molar-refractivity contribution is -0.117. The van der Waals surface area contributed by atoms with Gasteiger partial charge in [-0.05, 0) is 42.0 Å². The van der Waals surface area contributed by atoms with E-state index in [1.54, 1.807) is 47.1 Å². The Morgan fingerprint density at radius 2 is 1.69 bits per heavy atom. The number of nitriles is 1. The number of aromatic carboxylic acids is 1. The Labute approximate surface area is 200 Å². The largest absolute Gasteiger partial charge is 0.478 e. The summed E-state index contributed by atoms with van der Waals surface area (Å²) in [7, 11) is 0. The molecule has 0 radical (unpaired) electrons. The van der Waals surface area contributed by atoms with Gasteiger partial charge >= 0.3 is 5.97 Å². The van der Waals surface area contributed by atoms with Gasteiger partial charge in [0.05, 0.1) is 23.0 Å². The van der Waals surface area contributed by atoms with Crippen molar-refractivity contribution in [3.05, 3.63) is 101 Å². The van der Waals surface area contributed by atoms with E-state index in [4.69, 9.17) is 0 Å². The van der Waals surface area contributed by atoms with Crippen LogP contribution in [0.4, 0.5) is 5.69 Å². The molecule has 4 aromatic rings. The van der Waals surface area contributed by atoms with Gasteiger partial charge in [0.2, 0.25) is 11.7 Å². The number of carbonyl (C=O) groups excluding carboxylic acids is 2. The number of para-hydroxylation sites is 2. The second kappa shape index (κ2) is 8.72. The number of nitrogens with zero attached hydrogens (tertiary/aromatic N) is 3. The number of anilines is 1. The summed E-state index contributed by atoms with van der Waals surface area (Å²) in [6.45, 7) is 0. The summed E-state index contributed by atoms with van der Waals surface area (Å²) in [5, 5.41) is 26.3. The maximum atomic E-state index is 13.5. The van der Waals surface area contributed by atoms with Crippen molar-refractivity contribution in [2.75, 3.05) is 5.32 Å². The molecule has 1 aromatic heterocycles. The van der Waals surface area contributed by atoms with Crippen LogP contribution in [0.1, 0.15) is 32.0 Å². The molecule has 1 aliphatic carbocycles. The maximum absolute atomic E-state index is 13.5. The molecule has 3 aromatic carbocycles. The minimum absolute atomic E-state index is 0.0201. The van der Waals surface area contributed by atoms with Crippen LogP contribution in [-0.4, -0.2) is 32.5 Å². The van der Waals surface area contributed by atoms with Crippen molar-refractivity contribution in [2.45, 2.75) is 6.42 Å². The molecule has 1 amide bonds. The fourth-order valence-electron chi connectivity index (χ4n) is 4.23. The van der Waals surface area contributed by atoms with Crippen LogP contribution in [0.2, 0.25) is 0 Å². The number of hydrogen-bond donors (Lipinski definition) is 2. The van der Waals surface area contributed by atoms with Crippen molar-refractivity contribution in [3.63, 3.8) is 0 Å². The third-order valence-electron chi connectivity index (χ3n) is 5.89. The van der Waals surface area contributed by atoms with Crippen molar-refractivity contribution in [1.29, 1.82) is 5.26 Å². The minimum atomic E-state index is -1.60. The van der Waals surface area contributed by atoms with E-state index in [0.717, 1.165) is 5.56 Å². The van der Waals surface area contributed by atoms with Crippen LogP contribution in [0, 0.1) is 17.2 Å². The van der Waals surface area contributed by atoms with Gasteiger partial charge in [-0.15, -0.1) is 0 Å². The van der Waals surface area contributed by atoms with Crippen molar-refractivity contribution in [1.82, 2.24) is 9.78 Å². The molecule has 0 aliphatic heterocycles. The molecule has 0 bridgehead atoms. The van der Waals surface area contributed by atoms with Crippen LogP contribution in [-0.2, 0) is 11.2 Å². The van der Waals surface area contributed by atoms with Gasteiger partial charge < -0.3 is 10.4 Å². The van der Waals surface area contributed by atoms with Gasteiger partial charge in [-0.3, -0.25) is 9.59 Å². The van der Waals surface area contributed by atoms with Crippen LogP contribution in [0.3, 0.4) is 0 Å². The van der Waals surface area contributed by atoms with Gasteiger partial charge in [-0.1, -0.05) is 42.5 Å². The Balaban J connectivity index is 1.60. The average Bonchev–Trinajstić information content (AvgIpc) is 3.42. The molecule has 1 unspecified atom stereocenters. The van der Waals surface area contributed by atoms with E-state index in [2.05, 4.69) is 10.4 Å². The monoisotopic (exact) mass is 462 g/mol. The van der Waals surface area contributed by atoms with E-state index >= 15 is 0 Å². The summed E-state index contributed by atoms with van der Waals surface area (Å²) in [5.41, 5.74) is 3.90. The number of Topliss-reactive ketones (excluding diaryl/α,β-unsaturated/α-hetero) is 1. The van der Waals surface area contributed by atoms with Gasteiger partial charge in [0.25, 0.3) is 0 Å². The Morgan fingerprint density at radius 3 is 2.34 bits per heavy atom. The SMILES string of the molecule is N#CC(C(=O)Nc1ccccc1)C(=O)c1nn(-c2ccccc2)c2c1Cc1ccc(C(=O)O)cc1-2. The molecule has 0 saturated heterocycles. The van der Waals surface area contributed by atoms with E-state index in [-0.39, 0.29) is 11.3 Å². The number of rotatable bonds is 6. The number of benzene rings is 3. The number of amides is 1. The molecule has 5 rings (SSSR count). The van der Waals surface area contributed by atoms with Crippen molar-refractivity contribution < 1.29 is 19.5 Å². The first-order chi connectivity index (χ1) is 17.0. The Kier molecular flexibility index (Phi) is 5.43. The van der Waals surface area contributed by atoms with Crippen LogP contribution < -0.4 is 5.32 Å². The number of fused-ring (bicyclic) bond motifs is 3. The van der Waals surface area contributed by atoms with Crippen molar-refractivity contribution >= 4 is 23.3 Å². The molecule has 0 spiro atoms. The summed E-state index contributed by atoms with van der Waals surface area (Å²) in [6.07, 6.45) is 0.330. The van der Waals surface area contributed by atoms with Gasteiger partial charge in [0, 0.05) is 23.2 Å². The number of carboxylic acid groups (broad SMARTS) is 1. The van der Waals surface area contributed by atoms with Gasteiger partial charge in [0.1, 0.15) is 5.69 Å². The number of nitrogens with one attached hydrogen (secondary N) is 1. The molecule has 1 aliphatic rings. The lowest BCUT2D eigenvalue weighted by Crippen LogP contribution is -2.29. The third-order valence-corrected chi connectivity index (χ3v) is 5.89. The van der Waals surface area contributed by atoms with Gasteiger partial charge in [-0.25, -0.2) is 9.48 Å². The summed E-state index contributed by atoms with van der Waals surface area (Å²) in [5.74, 6) is -4.12. The van der Waals surface area contributed by atoms with Gasteiger partial charge in [0.15, 0.2) is 5.92 Å². The maximum Gasteiger partial charge on any atom is 0.335 e. The molecule has 8 heteroatoms. The summed E-state index contributed by atoms with van der Waals surface area (Å²) in [4.78, 5) is 37.9. The number of carbonyl (C=O) groups is 3. The van der Waals surface area contributed by atoms with Crippen LogP contribution in [0.15, 0.2) is 78.9 Å². The van der Waals surface area contributed by atoms with E-state index in [0.29, 0.717) is 34.6 Å². The lowest BCUT2D eigenvalue weighted by atomic mass is 9.98. The highest BCUT2D eigenvalue weighted by molar-refractivity contribution is 6.16. The van der Waals surface area contributed by atoms with E-state index in [9.17, 15) is 24.8 Å². The number of aromatic nitrogens is 2. The molecule has 0 fully saturated rings. The highest BCUT2D eigenvalue weighted by Gasteiger charge is 2.36. The molecule has 35 heavy (non-hydrogen) atoms. The molecule has 170 valence electrons. The Hall–Kier alpha value is -5.03. The molecular weight excluding hydrogens is 444 g/mol. The highest BCUT2D eigenvalue weighted by Crippen LogP contribution is 2.41. The normalized spacial score (nSPS) is 12.2. The molecular formula is C27H18N4O4. The molecule has 8 nitrogen and oxygen atoms in total. The second-order valence-electron chi connectivity index (χ2n) is 8.06. The van der Waals surface area contributed by atoms with Crippen molar-refractivity contribution in [2.24, 2.45) is 5.92 Å². The topological polar surface area (TPSA) is 125 Å². The zero-order chi connectivity index (χ0) is 24.5. The zero-order valence-corrected chi connectivity index (χ0v) is 18.3. The standard InChI is InChI=1S/C27H18N4O4/c28-15-22(26(33)29-18-7-3-1-4-8-18)25(32)23-21-13-16-11-12-17(27(34)35)14-20(16)24(21)31(30-23)19-9-5-2-6-10-19/h1-12,14,22H,13H2,(H,29,33)(H,34,35). The van der Waals surface area contributed by atoms with E-state index in [1.807, 2.05) is 36.4 Å². The average molecular weight is 462 g/mol. The smallest absolute Gasteiger partial charge is 0.335 e. The number of hydrogen-bond acceptors (Lipinski definition) is 5. The van der Waals surface area contributed by atoms with E-state index < -0.39 is 23.6 Å². The molecule has 1 atom stereocenters. The van der Waals surface area contributed by atoms with Crippen LogP contribution >= 0.6 is 0 Å². The predicted octanol–water partition coefficient (Wildman–Crippen LogP) is 4.10. The minimum Gasteiger partial charge on any atom is -0.478 e. The summed E-state index contributed by atoms with van der Waals surface area (Å²) in [6, 6.07) is 24.3. The zero-order valence-electron chi connectivity index (χ0n) is 18.3. The van der Waals surface area contributed by atoms with E-state index in [1.165, 1.54) is 6.07 Å². The highest BCUT2D eigenvalue weighted by atomic mass is 16.4. The van der Waals surface area contributed by atoms with Crippen LogP contribution in [0.25, 0.3) is 16.9 Å². The quantitative estimate of drug-likeness (QED) is 0.289. The second-order valence-corrected chi connectivity index (χ2v) is 8.06. The third kappa shape index (κ3) is 3.85. The number of ketones is 1. The lowest BCUT2D eigenvalue weighted by Gasteiger charge is -2.10. The first kappa shape index (κ1) is 21.8. The fourth-order valence-corrected chi connectivity index (χ4v) is 4.23. The first-order valence-corrected chi connectivity index (χ1v) is 10.8. The number of carboxylic acids is 1. The first-order valence-electron chi connectivity index (χ1n) is 10.8. The predicted molar refractivity (Wildman–Crippen MR) is 127 cm³/mol. The fraction of sp³-hybridized carbons (Fsp3) is 0.0741. The summed E-state index contributed by atoms with van der Waals surface area (Å²) >= 11 is 0. The molecule has 2 N–H and O–H groups in total. The molecule has 0 saturated carbocycles. The Bertz CT molecular complexity index is 1520.